The number of ether oxygens (including phenoxy) is 2. The first-order chi connectivity index (χ1) is 18.8. The molecule has 0 saturated carbocycles. The predicted octanol–water partition coefficient (Wildman–Crippen LogP) is 3.32. The zero-order chi connectivity index (χ0) is 27.7. The van der Waals surface area contributed by atoms with Crippen LogP contribution in [0.4, 0.5) is 11.4 Å². The molecule has 1 saturated heterocycles. The SMILES string of the molecule is CCOC(=O)C1=C(C)N=c2sc(=Cc3cc([N+](=O)[O-])ccc3N3CCCC3)c(=O)n2[C@H]1c1ccc(OC)cc1. The van der Waals surface area contributed by atoms with Gasteiger partial charge >= 0.3 is 5.97 Å². The molecule has 11 heteroatoms. The van der Waals surface area contributed by atoms with Gasteiger partial charge in [0.05, 0.1) is 40.5 Å². The number of carbonyl (C=O) groups excluding carboxylic acids is 1. The summed E-state index contributed by atoms with van der Waals surface area (Å²) >= 11 is 1.19. The molecule has 10 nitrogen and oxygen atoms in total. The van der Waals surface area contributed by atoms with Gasteiger partial charge in [-0.1, -0.05) is 23.5 Å². The van der Waals surface area contributed by atoms with E-state index in [1.165, 1.54) is 28.0 Å². The first-order valence-electron chi connectivity index (χ1n) is 12.7. The van der Waals surface area contributed by atoms with E-state index >= 15 is 0 Å². The highest BCUT2D eigenvalue weighted by Gasteiger charge is 2.33. The maximum absolute atomic E-state index is 13.9. The van der Waals surface area contributed by atoms with Crippen molar-refractivity contribution < 1.29 is 19.2 Å². The molecule has 0 aliphatic carbocycles. The van der Waals surface area contributed by atoms with Crippen LogP contribution >= 0.6 is 11.3 Å². The number of nitro groups is 1. The number of benzene rings is 2. The largest absolute Gasteiger partial charge is 0.497 e. The lowest BCUT2D eigenvalue weighted by molar-refractivity contribution is -0.384. The normalized spacial score (nSPS) is 17.2. The molecule has 202 valence electrons. The van der Waals surface area contributed by atoms with E-state index in [-0.39, 0.29) is 23.4 Å². The quantitative estimate of drug-likeness (QED) is 0.253. The van der Waals surface area contributed by atoms with Crippen LogP contribution in [0, 0.1) is 10.1 Å². The average Bonchev–Trinajstić information content (AvgIpc) is 3.56. The van der Waals surface area contributed by atoms with Crippen LogP contribution in [-0.2, 0) is 9.53 Å². The summed E-state index contributed by atoms with van der Waals surface area (Å²) in [5.41, 5.74) is 2.51. The minimum atomic E-state index is -0.753. The Morgan fingerprint density at radius 1 is 1.21 bits per heavy atom. The molecule has 0 unspecified atom stereocenters. The first-order valence-corrected chi connectivity index (χ1v) is 13.5. The Morgan fingerprint density at radius 3 is 2.56 bits per heavy atom. The lowest BCUT2D eigenvalue weighted by atomic mass is 9.96. The van der Waals surface area contributed by atoms with Crippen LogP contribution in [-0.4, -0.2) is 42.3 Å². The van der Waals surface area contributed by atoms with Crippen molar-refractivity contribution in [1.29, 1.82) is 0 Å². The third-order valence-corrected chi connectivity index (χ3v) is 7.89. The van der Waals surface area contributed by atoms with Crippen molar-refractivity contribution in [2.75, 3.05) is 31.7 Å². The Labute approximate surface area is 228 Å². The van der Waals surface area contributed by atoms with Crippen molar-refractivity contribution in [2.45, 2.75) is 32.7 Å². The Hall–Kier alpha value is -4.25. The molecule has 3 aromatic rings. The van der Waals surface area contributed by atoms with Crippen molar-refractivity contribution in [3.8, 4) is 5.75 Å². The highest BCUT2D eigenvalue weighted by atomic mass is 32.1. The number of allylic oxidation sites excluding steroid dienone is 1. The highest BCUT2D eigenvalue weighted by Crippen LogP contribution is 2.32. The zero-order valence-electron chi connectivity index (χ0n) is 21.9. The maximum Gasteiger partial charge on any atom is 0.338 e. The lowest BCUT2D eigenvalue weighted by Gasteiger charge is -2.24. The first kappa shape index (κ1) is 26.4. The number of fused-ring (bicyclic) bond motifs is 1. The molecule has 39 heavy (non-hydrogen) atoms. The lowest BCUT2D eigenvalue weighted by Crippen LogP contribution is -2.40. The summed E-state index contributed by atoms with van der Waals surface area (Å²) in [6.07, 6.45) is 3.77. The minimum Gasteiger partial charge on any atom is -0.497 e. The van der Waals surface area contributed by atoms with Gasteiger partial charge in [-0.05, 0) is 56.5 Å². The topological polar surface area (TPSA) is 116 Å². The van der Waals surface area contributed by atoms with Crippen LogP contribution in [0.1, 0.15) is 43.9 Å². The number of nitro benzene ring substituents is 1. The molecule has 0 spiro atoms. The van der Waals surface area contributed by atoms with E-state index in [0.29, 0.717) is 31.9 Å². The number of methoxy groups -OCH3 is 1. The second-order valence-electron chi connectivity index (χ2n) is 9.27. The van der Waals surface area contributed by atoms with Crippen molar-refractivity contribution in [2.24, 2.45) is 4.99 Å². The van der Waals surface area contributed by atoms with Gasteiger partial charge in [-0.25, -0.2) is 9.79 Å². The molecule has 1 aromatic heterocycles. The Balaban J connectivity index is 1.71. The Bertz CT molecular complexity index is 1650. The fourth-order valence-corrected chi connectivity index (χ4v) is 6.09. The second kappa shape index (κ2) is 10.9. The van der Waals surface area contributed by atoms with Gasteiger partial charge in [-0.3, -0.25) is 19.5 Å². The van der Waals surface area contributed by atoms with Gasteiger partial charge in [0.2, 0.25) is 0 Å². The number of anilines is 1. The van der Waals surface area contributed by atoms with Crippen LogP contribution in [0.25, 0.3) is 6.08 Å². The van der Waals surface area contributed by atoms with Crippen molar-refractivity contribution in [3.63, 3.8) is 0 Å². The number of hydrogen-bond donors (Lipinski definition) is 0. The summed E-state index contributed by atoms with van der Waals surface area (Å²) in [7, 11) is 1.57. The van der Waals surface area contributed by atoms with Gasteiger partial charge in [0.15, 0.2) is 4.80 Å². The van der Waals surface area contributed by atoms with E-state index in [2.05, 4.69) is 9.89 Å². The highest BCUT2D eigenvalue weighted by molar-refractivity contribution is 7.07. The molecule has 1 fully saturated rings. The Kier molecular flexibility index (Phi) is 7.34. The number of nitrogens with zero attached hydrogens (tertiary/aromatic N) is 4. The molecular formula is C28H28N4O6S. The molecule has 2 aliphatic heterocycles. The summed E-state index contributed by atoms with van der Waals surface area (Å²) in [5, 5.41) is 11.5. The number of aromatic nitrogens is 1. The molecule has 0 radical (unpaired) electrons. The molecule has 0 amide bonds. The molecule has 0 N–H and O–H groups in total. The smallest absolute Gasteiger partial charge is 0.338 e. The zero-order valence-corrected chi connectivity index (χ0v) is 22.7. The fourth-order valence-electron chi connectivity index (χ4n) is 5.05. The van der Waals surface area contributed by atoms with Gasteiger partial charge in [-0.2, -0.15) is 0 Å². The summed E-state index contributed by atoms with van der Waals surface area (Å²) in [6.45, 7) is 5.33. The van der Waals surface area contributed by atoms with Crippen molar-refractivity contribution in [3.05, 3.63) is 94.7 Å². The van der Waals surface area contributed by atoms with E-state index in [4.69, 9.17) is 9.47 Å². The van der Waals surface area contributed by atoms with Crippen LogP contribution in [0.2, 0.25) is 0 Å². The third-order valence-electron chi connectivity index (χ3n) is 6.90. The number of rotatable bonds is 7. The maximum atomic E-state index is 13.9. The average molecular weight is 549 g/mol. The third kappa shape index (κ3) is 4.97. The Morgan fingerprint density at radius 2 is 1.92 bits per heavy atom. The van der Waals surface area contributed by atoms with Crippen LogP contribution in [0.15, 0.2) is 63.5 Å². The summed E-state index contributed by atoms with van der Waals surface area (Å²) in [6, 6.07) is 11.2. The van der Waals surface area contributed by atoms with Crippen LogP contribution in [0.5, 0.6) is 5.75 Å². The number of thiazole rings is 1. The van der Waals surface area contributed by atoms with Crippen LogP contribution in [0.3, 0.4) is 0 Å². The van der Waals surface area contributed by atoms with E-state index in [0.717, 1.165) is 31.6 Å². The standard InChI is InChI=1S/C28H28N4O6S/c1-4-38-27(34)24-17(2)29-28-31(25(24)18-7-10-21(37-3)11-8-18)26(33)23(39-28)16-19-15-20(32(35)36)9-12-22(19)30-13-5-6-14-30/h7-12,15-16,25H,4-6,13-14H2,1-3H3/t25-/m0/s1. The van der Waals surface area contributed by atoms with Crippen molar-refractivity contribution >= 4 is 34.8 Å². The van der Waals surface area contributed by atoms with E-state index in [9.17, 15) is 19.7 Å². The number of hydrogen-bond acceptors (Lipinski definition) is 9. The molecule has 2 aliphatic rings. The van der Waals surface area contributed by atoms with Gasteiger partial charge in [-0.15, -0.1) is 0 Å². The van der Waals surface area contributed by atoms with E-state index < -0.39 is 16.9 Å². The summed E-state index contributed by atoms with van der Waals surface area (Å²) in [4.78, 5) is 45.3. The predicted molar refractivity (Wildman–Crippen MR) is 148 cm³/mol. The molecular weight excluding hydrogens is 520 g/mol. The molecule has 1 atom stereocenters. The van der Waals surface area contributed by atoms with E-state index in [1.54, 1.807) is 45.2 Å². The fraction of sp³-hybridized carbons (Fsp3) is 0.321. The number of carbonyl (C=O) groups is 1. The van der Waals surface area contributed by atoms with Gasteiger partial charge in [0.25, 0.3) is 11.2 Å². The van der Waals surface area contributed by atoms with Gasteiger partial charge in [0.1, 0.15) is 5.75 Å². The molecule has 0 bridgehead atoms. The summed E-state index contributed by atoms with van der Waals surface area (Å²) in [5.74, 6) is 0.105. The summed E-state index contributed by atoms with van der Waals surface area (Å²) < 4.78 is 12.5. The molecule has 5 rings (SSSR count). The molecule has 3 heterocycles. The van der Waals surface area contributed by atoms with Crippen LogP contribution < -0.4 is 24.5 Å². The number of esters is 1. The number of non-ortho nitro benzene ring substituents is 1. The van der Waals surface area contributed by atoms with Gasteiger partial charge < -0.3 is 14.4 Å². The second-order valence-corrected chi connectivity index (χ2v) is 10.3. The monoisotopic (exact) mass is 548 g/mol. The minimum absolute atomic E-state index is 0.0477. The van der Waals surface area contributed by atoms with Gasteiger partial charge in [0, 0.05) is 36.5 Å². The van der Waals surface area contributed by atoms with Crippen molar-refractivity contribution in [1.82, 2.24) is 4.57 Å². The molecule has 2 aromatic carbocycles. The van der Waals surface area contributed by atoms with E-state index in [1.807, 2.05) is 12.1 Å².